The van der Waals surface area contributed by atoms with Crippen LogP contribution in [0, 0.1) is 6.92 Å². The Labute approximate surface area is 95.9 Å². The molecule has 0 amide bonds. The Morgan fingerprint density at radius 3 is 2.71 bits per heavy atom. The lowest BCUT2D eigenvalue weighted by Crippen LogP contribution is -2.19. The van der Waals surface area contributed by atoms with E-state index in [9.17, 15) is 4.79 Å². The second kappa shape index (κ2) is 3.51. The second-order valence-electron chi connectivity index (χ2n) is 3.66. The van der Waals surface area contributed by atoms with Gasteiger partial charge in [-0.3, -0.25) is 9.89 Å². The molecule has 0 bridgehead atoms. The Balaban J connectivity index is 2.32. The molecule has 0 aliphatic heterocycles. The van der Waals surface area contributed by atoms with Crippen molar-refractivity contribution in [1.82, 2.24) is 24.8 Å². The number of fused-ring (bicyclic) bond motifs is 1. The Kier molecular flexibility index (Phi) is 2.01. The molecule has 0 saturated carbocycles. The Morgan fingerprint density at radius 1 is 1.18 bits per heavy atom. The van der Waals surface area contributed by atoms with Crippen LogP contribution in [0.1, 0.15) is 5.82 Å². The predicted octanol–water partition coefficient (Wildman–Crippen LogP) is 0.788. The van der Waals surface area contributed by atoms with Crippen LogP contribution in [0.3, 0.4) is 0 Å². The molecule has 0 unspecified atom stereocenters. The van der Waals surface area contributed by atoms with E-state index in [1.165, 1.54) is 4.52 Å². The van der Waals surface area contributed by atoms with Gasteiger partial charge in [-0.1, -0.05) is 30.3 Å². The number of aromatic amines is 1. The summed E-state index contributed by atoms with van der Waals surface area (Å²) in [7, 11) is 0. The molecule has 0 atom stereocenters. The van der Waals surface area contributed by atoms with Crippen LogP contribution in [-0.2, 0) is 0 Å². The summed E-state index contributed by atoms with van der Waals surface area (Å²) in [4.78, 5) is 16.2. The topological polar surface area (TPSA) is 75.9 Å². The van der Waals surface area contributed by atoms with Crippen LogP contribution in [0.2, 0.25) is 0 Å². The highest BCUT2D eigenvalue weighted by Gasteiger charge is 2.10. The van der Waals surface area contributed by atoms with Crippen LogP contribution in [0.25, 0.3) is 17.0 Å². The van der Waals surface area contributed by atoms with E-state index in [0.717, 1.165) is 5.56 Å². The van der Waals surface area contributed by atoms with E-state index >= 15 is 0 Å². The van der Waals surface area contributed by atoms with E-state index in [-0.39, 0.29) is 11.3 Å². The third kappa shape index (κ3) is 1.50. The SMILES string of the molecule is Cc1nc2nnc(-c3ccccc3)c(=O)n2[nH]1. The normalized spacial score (nSPS) is 10.9. The van der Waals surface area contributed by atoms with Gasteiger partial charge in [-0.05, 0) is 6.92 Å². The van der Waals surface area contributed by atoms with E-state index in [2.05, 4.69) is 20.3 Å². The average molecular weight is 227 g/mol. The third-order valence-corrected chi connectivity index (χ3v) is 2.43. The molecule has 0 radical (unpaired) electrons. The molecule has 3 aromatic rings. The maximum absolute atomic E-state index is 12.1. The zero-order chi connectivity index (χ0) is 11.8. The van der Waals surface area contributed by atoms with E-state index in [1.807, 2.05) is 30.3 Å². The number of nitrogens with one attached hydrogen (secondary N) is 1. The van der Waals surface area contributed by atoms with Crippen molar-refractivity contribution in [3.8, 4) is 11.3 Å². The first kappa shape index (κ1) is 9.71. The number of hydrogen-bond acceptors (Lipinski definition) is 4. The molecule has 2 heterocycles. The maximum Gasteiger partial charge on any atom is 0.300 e. The van der Waals surface area contributed by atoms with Crippen molar-refractivity contribution >= 4 is 5.78 Å². The summed E-state index contributed by atoms with van der Waals surface area (Å²) in [5, 5.41) is 10.7. The molecule has 6 nitrogen and oxygen atoms in total. The van der Waals surface area contributed by atoms with Gasteiger partial charge in [-0.25, -0.2) is 0 Å². The van der Waals surface area contributed by atoms with Gasteiger partial charge in [0.15, 0.2) is 5.69 Å². The van der Waals surface area contributed by atoms with E-state index in [1.54, 1.807) is 6.92 Å². The van der Waals surface area contributed by atoms with Crippen LogP contribution >= 0.6 is 0 Å². The minimum absolute atomic E-state index is 0.248. The minimum atomic E-state index is -0.248. The van der Waals surface area contributed by atoms with Crippen molar-refractivity contribution in [3.05, 3.63) is 46.5 Å². The fourth-order valence-corrected chi connectivity index (χ4v) is 1.67. The third-order valence-electron chi connectivity index (χ3n) is 2.43. The number of H-pyrrole nitrogens is 1. The molecule has 3 rings (SSSR count). The van der Waals surface area contributed by atoms with Crippen LogP contribution in [0.15, 0.2) is 35.1 Å². The van der Waals surface area contributed by atoms with E-state index < -0.39 is 0 Å². The Hall–Kier alpha value is -2.50. The Morgan fingerprint density at radius 2 is 1.94 bits per heavy atom. The summed E-state index contributed by atoms with van der Waals surface area (Å²) in [6.45, 7) is 1.76. The first-order chi connectivity index (χ1) is 8.25. The van der Waals surface area contributed by atoms with Crippen molar-refractivity contribution in [3.63, 3.8) is 0 Å². The fourth-order valence-electron chi connectivity index (χ4n) is 1.67. The molecule has 17 heavy (non-hydrogen) atoms. The number of benzene rings is 1. The van der Waals surface area contributed by atoms with Gasteiger partial charge in [-0.15, -0.1) is 10.2 Å². The molecule has 1 N–H and O–H groups in total. The summed E-state index contributed by atoms with van der Waals surface area (Å²) < 4.78 is 1.30. The van der Waals surface area contributed by atoms with Crippen molar-refractivity contribution in [2.75, 3.05) is 0 Å². The zero-order valence-electron chi connectivity index (χ0n) is 9.08. The number of aromatic nitrogens is 5. The fraction of sp³-hybridized carbons (Fsp3) is 0.0909. The van der Waals surface area contributed by atoms with Gasteiger partial charge in [0.2, 0.25) is 0 Å². The lowest BCUT2D eigenvalue weighted by atomic mass is 10.2. The largest absolute Gasteiger partial charge is 0.300 e. The Bertz CT molecular complexity index is 728. The summed E-state index contributed by atoms with van der Waals surface area (Å²) in [5.41, 5.74) is 0.806. The van der Waals surface area contributed by atoms with Gasteiger partial charge >= 0.3 is 5.56 Å². The summed E-state index contributed by atoms with van der Waals surface area (Å²) in [6, 6.07) is 9.22. The molecule has 0 aliphatic carbocycles. The van der Waals surface area contributed by atoms with Gasteiger partial charge in [0.05, 0.1) is 0 Å². The minimum Gasteiger partial charge on any atom is -0.275 e. The monoisotopic (exact) mass is 227 g/mol. The molecule has 6 heteroatoms. The molecule has 1 aromatic carbocycles. The van der Waals surface area contributed by atoms with Crippen LogP contribution in [-0.4, -0.2) is 24.8 Å². The molecule has 84 valence electrons. The maximum atomic E-state index is 12.1. The first-order valence-electron chi connectivity index (χ1n) is 5.13. The quantitative estimate of drug-likeness (QED) is 0.666. The van der Waals surface area contributed by atoms with Crippen LogP contribution < -0.4 is 5.56 Å². The number of rotatable bonds is 1. The lowest BCUT2D eigenvalue weighted by Gasteiger charge is -1.98. The zero-order valence-corrected chi connectivity index (χ0v) is 9.08. The lowest BCUT2D eigenvalue weighted by molar-refractivity contribution is 0.846. The number of aryl methyl sites for hydroxylation is 1. The highest BCUT2D eigenvalue weighted by Crippen LogP contribution is 2.10. The first-order valence-corrected chi connectivity index (χ1v) is 5.13. The van der Waals surface area contributed by atoms with Gasteiger partial charge < -0.3 is 0 Å². The summed E-state index contributed by atoms with van der Waals surface area (Å²) >= 11 is 0. The predicted molar refractivity (Wildman–Crippen MR) is 61.6 cm³/mol. The van der Waals surface area contributed by atoms with E-state index in [0.29, 0.717) is 11.5 Å². The van der Waals surface area contributed by atoms with Crippen LogP contribution in [0.5, 0.6) is 0 Å². The van der Waals surface area contributed by atoms with Gasteiger partial charge in [0, 0.05) is 5.56 Å². The highest BCUT2D eigenvalue weighted by molar-refractivity contribution is 5.57. The van der Waals surface area contributed by atoms with Crippen molar-refractivity contribution in [2.24, 2.45) is 0 Å². The van der Waals surface area contributed by atoms with Crippen molar-refractivity contribution in [2.45, 2.75) is 6.92 Å². The molecule has 0 fully saturated rings. The standard InChI is InChI=1S/C11H9N5O/c1-7-12-11-14-13-9(10(17)16(11)15-7)8-5-3-2-4-6-8/h2-6H,1H3,(H,12,14,15). The van der Waals surface area contributed by atoms with Gasteiger partial charge in [0.25, 0.3) is 5.78 Å². The van der Waals surface area contributed by atoms with Crippen molar-refractivity contribution in [1.29, 1.82) is 0 Å². The number of hydrogen-bond donors (Lipinski definition) is 1. The second-order valence-corrected chi connectivity index (χ2v) is 3.66. The molecule has 0 saturated heterocycles. The molecule has 2 aromatic heterocycles. The molecular weight excluding hydrogens is 218 g/mol. The molecule has 0 aliphatic rings. The molecule has 0 spiro atoms. The van der Waals surface area contributed by atoms with Crippen LogP contribution in [0.4, 0.5) is 0 Å². The van der Waals surface area contributed by atoms with E-state index in [4.69, 9.17) is 0 Å². The average Bonchev–Trinajstić information content (AvgIpc) is 2.72. The van der Waals surface area contributed by atoms with Crippen molar-refractivity contribution < 1.29 is 0 Å². The van der Waals surface area contributed by atoms with Gasteiger partial charge in [0.1, 0.15) is 5.82 Å². The highest BCUT2D eigenvalue weighted by atomic mass is 16.1. The number of nitrogens with zero attached hydrogens (tertiary/aromatic N) is 4. The smallest absolute Gasteiger partial charge is 0.275 e. The summed E-state index contributed by atoms with van der Waals surface area (Å²) in [6.07, 6.45) is 0. The van der Waals surface area contributed by atoms with Gasteiger partial charge in [-0.2, -0.15) is 9.50 Å². The molecular formula is C11H9N5O. The summed E-state index contributed by atoms with van der Waals surface area (Å²) in [5.74, 6) is 0.911.